The van der Waals surface area contributed by atoms with Crippen LogP contribution in [0, 0.1) is 0 Å². The van der Waals surface area contributed by atoms with Crippen LogP contribution in [0.5, 0.6) is 0 Å². The Morgan fingerprint density at radius 2 is 1.83 bits per heavy atom. The summed E-state index contributed by atoms with van der Waals surface area (Å²) in [4.78, 5) is 15.4. The van der Waals surface area contributed by atoms with Crippen LogP contribution >= 0.6 is 15.9 Å². The van der Waals surface area contributed by atoms with Gasteiger partial charge in [0.2, 0.25) is 0 Å². The van der Waals surface area contributed by atoms with Crippen LogP contribution in [-0.2, 0) is 7.05 Å². The van der Waals surface area contributed by atoms with Crippen LogP contribution in [-0.4, -0.2) is 22.7 Å². The summed E-state index contributed by atoms with van der Waals surface area (Å²) in [5, 5.41) is -0.0455. The summed E-state index contributed by atoms with van der Waals surface area (Å²) in [6.45, 7) is 10.6. The van der Waals surface area contributed by atoms with Gasteiger partial charge < -0.3 is 9.36 Å². The number of benzene rings is 1. The van der Waals surface area contributed by atoms with Crippen molar-refractivity contribution in [3.8, 4) is 11.3 Å². The van der Waals surface area contributed by atoms with Crippen LogP contribution in [0.25, 0.3) is 11.3 Å². The molecule has 1 heterocycles. The standard InChI is InChI=1S/C18H27BrN2OSi/c1-13(11-18(2,3)23(5,6)22)17-20-16(12-21(17)4)14-7-9-15(19)10-8-14/h7-10,12-13,22H,11H2,1-6H3. The number of nitrogens with zero attached hydrogens (tertiary/aromatic N) is 2. The smallest absolute Gasteiger partial charge is 0.188 e. The van der Waals surface area contributed by atoms with Crippen LogP contribution < -0.4 is 0 Å². The molecule has 0 bridgehead atoms. The van der Waals surface area contributed by atoms with Gasteiger partial charge in [-0.05, 0) is 36.7 Å². The number of rotatable bonds is 5. The molecule has 1 aromatic carbocycles. The average Bonchev–Trinajstić information content (AvgIpc) is 2.80. The fourth-order valence-electron chi connectivity index (χ4n) is 2.80. The van der Waals surface area contributed by atoms with Gasteiger partial charge in [0.25, 0.3) is 0 Å². The first-order chi connectivity index (χ1) is 10.5. The van der Waals surface area contributed by atoms with Gasteiger partial charge in [-0.15, -0.1) is 0 Å². The average molecular weight is 395 g/mol. The van der Waals surface area contributed by atoms with Crippen LogP contribution in [0.1, 0.15) is 38.9 Å². The molecule has 5 heteroatoms. The number of aromatic nitrogens is 2. The second-order valence-corrected chi connectivity index (χ2v) is 13.0. The zero-order chi connectivity index (χ0) is 17.4. The monoisotopic (exact) mass is 394 g/mol. The fourth-order valence-corrected chi connectivity index (χ4v) is 3.87. The lowest BCUT2D eigenvalue weighted by Gasteiger charge is -2.36. The highest BCUT2D eigenvalue weighted by Gasteiger charge is 2.39. The molecule has 0 amide bonds. The van der Waals surface area contributed by atoms with Crippen molar-refractivity contribution in [1.82, 2.24) is 9.55 Å². The maximum Gasteiger partial charge on any atom is 0.188 e. The molecule has 3 nitrogen and oxygen atoms in total. The summed E-state index contributed by atoms with van der Waals surface area (Å²) in [6, 6.07) is 8.23. The Morgan fingerprint density at radius 1 is 1.26 bits per heavy atom. The van der Waals surface area contributed by atoms with E-state index in [1.165, 1.54) is 0 Å². The van der Waals surface area contributed by atoms with E-state index in [-0.39, 0.29) is 5.04 Å². The molecule has 23 heavy (non-hydrogen) atoms. The van der Waals surface area contributed by atoms with Gasteiger partial charge in [0.05, 0.1) is 5.69 Å². The topological polar surface area (TPSA) is 38.1 Å². The van der Waals surface area contributed by atoms with E-state index in [0.29, 0.717) is 5.92 Å². The molecular weight excluding hydrogens is 368 g/mol. The molecule has 2 rings (SSSR count). The van der Waals surface area contributed by atoms with Gasteiger partial charge in [0, 0.05) is 29.2 Å². The Kier molecular flexibility index (Phi) is 5.23. The molecule has 1 atom stereocenters. The molecule has 0 spiro atoms. The molecule has 1 unspecified atom stereocenters. The van der Waals surface area contributed by atoms with Gasteiger partial charge in [-0.2, -0.15) is 0 Å². The molecule has 0 aliphatic rings. The minimum Gasteiger partial charge on any atom is -0.432 e. The van der Waals surface area contributed by atoms with Crippen molar-refractivity contribution in [2.24, 2.45) is 7.05 Å². The minimum atomic E-state index is -2.20. The van der Waals surface area contributed by atoms with E-state index in [2.05, 4.69) is 66.6 Å². The van der Waals surface area contributed by atoms with Crippen molar-refractivity contribution in [2.75, 3.05) is 0 Å². The van der Waals surface area contributed by atoms with Gasteiger partial charge >= 0.3 is 0 Å². The summed E-state index contributed by atoms with van der Waals surface area (Å²) in [5.41, 5.74) is 2.12. The van der Waals surface area contributed by atoms with Gasteiger partial charge in [0.15, 0.2) is 8.32 Å². The molecule has 2 aromatic rings. The van der Waals surface area contributed by atoms with Crippen molar-refractivity contribution in [3.05, 3.63) is 40.8 Å². The Morgan fingerprint density at radius 3 is 2.35 bits per heavy atom. The summed E-state index contributed by atoms with van der Waals surface area (Å²) in [6.07, 6.45) is 3.02. The van der Waals surface area contributed by atoms with Gasteiger partial charge in [-0.1, -0.05) is 48.8 Å². The van der Waals surface area contributed by atoms with E-state index in [0.717, 1.165) is 28.0 Å². The van der Waals surface area contributed by atoms with Crippen molar-refractivity contribution in [2.45, 2.75) is 51.2 Å². The summed E-state index contributed by atoms with van der Waals surface area (Å²) in [7, 11) is -0.152. The third kappa shape index (κ3) is 4.14. The molecule has 0 radical (unpaired) electrons. The van der Waals surface area contributed by atoms with Crippen LogP contribution in [0.2, 0.25) is 18.1 Å². The molecule has 0 aliphatic heterocycles. The lowest BCUT2D eigenvalue weighted by Crippen LogP contribution is -2.39. The quantitative estimate of drug-likeness (QED) is 0.696. The number of aryl methyl sites for hydroxylation is 1. The predicted molar refractivity (Wildman–Crippen MR) is 103 cm³/mol. The maximum atomic E-state index is 10.5. The number of halogens is 1. The first kappa shape index (κ1) is 18.4. The second-order valence-electron chi connectivity index (χ2n) is 7.65. The number of imidazole rings is 1. The van der Waals surface area contributed by atoms with E-state index in [9.17, 15) is 4.80 Å². The first-order valence-electron chi connectivity index (χ1n) is 8.03. The molecule has 126 valence electrons. The Hall–Kier alpha value is -0.913. The third-order valence-electron chi connectivity index (χ3n) is 4.97. The lowest BCUT2D eigenvalue weighted by atomic mass is 9.97. The van der Waals surface area contributed by atoms with Crippen molar-refractivity contribution in [1.29, 1.82) is 0 Å². The Labute approximate surface area is 149 Å². The van der Waals surface area contributed by atoms with Crippen molar-refractivity contribution < 1.29 is 4.80 Å². The molecule has 1 aromatic heterocycles. The molecule has 1 N–H and O–H groups in total. The highest BCUT2D eigenvalue weighted by Crippen LogP contribution is 2.43. The molecular formula is C18H27BrN2OSi. The van der Waals surface area contributed by atoms with Crippen molar-refractivity contribution >= 4 is 24.2 Å². The third-order valence-corrected chi connectivity index (χ3v) is 9.01. The van der Waals surface area contributed by atoms with E-state index in [4.69, 9.17) is 4.98 Å². The molecule has 0 saturated heterocycles. The van der Waals surface area contributed by atoms with Crippen LogP contribution in [0.4, 0.5) is 0 Å². The first-order valence-corrected chi connectivity index (χ1v) is 11.8. The summed E-state index contributed by atoms with van der Waals surface area (Å²) >= 11 is 3.47. The van der Waals surface area contributed by atoms with Crippen LogP contribution in [0.15, 0.2) is 34.9 Å². The Bertz CT molecular complexity index is 671. The summed E-state index contributed by atoms with van der Waals surface area (Å²) < 4.78 is 3.19. The van der Waals surface area contributed by atoms with Gasteiger partial charge in [0.1, 0.15) is 5.82 Å². The van der Waals surface area contributed by atoms with E-state index < -0.39 is 8.32 Å². The predicted octanol–water partition coefficient (Wildman–Crippen LogP) is 5.32. The zero-order valence-corrected chi connectivity index (χ0v) is 17.5. The highest BCUT2D eigenvalue weighted by molar-refractivity contribution is 9.10. The number of hydrogen-bond acceptors (Lipinski definition) is 2. The molecule has 0 saturated carbocycles. The SMILES string of the molecule is CC(CC(C)(C)[Si](C)(C)O)c1nc(-c2ccc(Br)cc2)cn1C. The highest BCUT2D eigenvalue weighted by atomic mass is 79.9. The maximum absolute atomic E-state index is 10.5. The van der Waals surface area contributed by atoms with Crippen molar-refractivity contribution in [3.63, 3.8) is 0 Å². The van der Waals surface area contributed by atoms with Crippen LogP contribution in [0.3, 0.4) is 0 Å². The normalized spacial score (nSPS) is 14.1. The minimum absolute atomic E-state index is 0.0455. The van der Waals surface area contributed by atoms with E-state index in [1.54, 1.807) is 0 Å². The Balaban J connectivity index is 2.26. The fraction of sp³-hybridized carbons (Fsp3) is 0.500. The lowest BCUT2D eigenvalue weighted by molar-refractivity contribution is 0.422. The van der Waals surface area contributed by atoms with E-state index >= 15 is 0 Å². The number of hydrogen-bond donors (Lipinski definition) is 1. The zero-order valence-electron chi connectivity index (χ0n) is 14.9. The summed E-state index contributed by atoms with van der Waals surface area (Å²) in [5.74, 6) is 1.38. The largest absolute Gasteiger partial charge is 0.432 e. The van der Waals surface area contributed by atoms with E-state index in [1.807, 2.05) is 25.2 Å². The van der Waals surface area contributed by atoms with Gasteiger partial charge in [-0.25, -0.2) is 4.98 Å². The van der Waals surface area contributed by atoms with Gasteiger partial charge in [-0.3, -0.25) is 0 Å². The molecule has 0 aliphatic carbocycles. The second kappa shape index (κ2) is 6.53. The molecule has 0 fully saturated rings.